The number of alkyl halides is 36. The summed E-state index contributed by atoms with van der Waals surface area (Å²) < 4.78 is 505. The smallest absolute Gasteiger partial charge is 0.652 e. The number of hydrogen-bond acceptors (Lipinski definition) is 4. The summed E-state index contributed by atoms with van der Waals surface area (Å²) in [6, 6.07) is 87.1. The third-order valence-corrected chi connectivity index (χ3v) is 39.0. The van der Waals surface area contributed by atoms with E-state index in [0.29, 0.717) is 0 Å². The first kappa shape index (κ1) is 100. The quantitative estimate of drug-likeness (QED) is 0.0563. The van der Waals surface area contributed by atoms with Crippen molar-refractivity contribution in [1.29, 1.82) is 0 Å². The molecule has 6 nitrogen and oxygen atoms in total. The van der Waals surface area contributed by atoms with E-state index in [1.807, 2.05) is 0 Å². The molecule has 48 heteroatoms. The van der Waals surface area contributed by atoms with Gasteiger partial charge < -0.3 is 24.4 Å². The molecule has 0 fully saturated rings. The molecule has 0 bridgehead atoms. The van der Waals surface area contributed by atoms with Crippen LogP contribution in [0.25, 0.3) is 9.30 Å². The van der Waals surface area contributed by atoms with E-state index in [4.69, 9.17) is 9.30 Å². The van der Waals surface area contributed by atoms with Crippen molar-refractivity contribution >= 4 is 88.8 Å². The Balaban J connectivity index is 0.000000337. The molecule has 0 saturated heterocycles. The predicted molar refractivity (Wildman–Crippen MR) is 355 cm³/mol. The van der Waals surface area contributed by atoms with Crippen LogP contribution in [-0.4, -0.2) is 144 Å². The van der Waals surface area contributed by atoms with Crippen molar-refractivity contribution in [2.45, 2.75) is 123 Å². The van der Waals surface area contributed by atoms with Gasteiger partial charge in [-0.1, -0.05) is 310 Å². The number of hydrogen-bond donors (Lipinski definition) is 0. The van der Waals surface area contributed by atoms with Gasteiger partial charge in [-0.25, -0.2) is 0 Å². The summed E-state index contributed by atoms with van der Waals surface area (Å²) in [7, 11) is -9.26. The van der Waals surface area contributed by atoms with E-state index < -0.39 is 144 Å². The van der Waals surface area contributed by atoms with E-state index in [9.17, 15) is 158 Å². The molecular weight excluding hydrogens is 1910 g/mol. The Morgan fingerprint density at radius 2 is 0.267 bits per heavy atom. The normalized spacial score (nSPS) is 14.3. The van der Waals surface area contributed by atoms with Gasteiger partial charge in [-0.3, -0.25) is 0 Å². The van der Waals surface area contributed by atoms with Crippen molar-refractivity contribution in [1.82, 2.24) is 0 Å². The van der Waals surface area contributed by atoms with Crippen LogP contribution < -0.4 is 41.5 Å². The van der Waals surface area contributed by atoms with Crippen molar-refractivity contribution in [2.24, 2.45) is 0 Å². The molecule has 8 rings (SSSR count). The number of benzene rings is 8. The maximum absolute atomic E-state index is 13.8. The Bertz CT molecular complexity index is 3540. The van der Waals surface area contributed by atoms with E-state index in [1.165, 1.54) is 41.5 Å². The van der Waals surface area contributed by atoms with E-state index in [2.05, 4.69) is 269 Å². The molecule has 0 aliphatic rings. The molecule has 0 aliphatic heterocycles. The number of halogens is 36. The van der Waals surface area contributed by atoms with Gasteiger partial charge in [0.2, 0.25) is 0 Å². The standard InChI is InChI=1S/2C26H26NSi2.4C4F9O.Al.Yb/c2*1-28(23-15-7-3-8-16-23,24-17-9-4-10-18-24)27-29(2,25-19-11-5-12-20-25)26-21-13-6-14-22-26;4*5-2(6,7)1(14,3(8,9)10)4(11,12)13;;/h2*3-22H,1-2H3;;;;;;/q6*-1;2*+3. The van der Waals surface area contributed by atoms with Crippen LogP contribution in [0.2, 0.25) is 26.2 Å². The van der Waals surface area contributed by atoms with E-state index in [-0.39, 0.29) is 46.9 Å². The minimum Gasteiger partial charge on any atom is -0.652 e. The first-order valence-electron chi connectivity index (χ1n) is 31.7. The van der Waals surface area contributed by atoms with E-state index in [0.717, 1.165) is 15.2 Å². The second kappa shape index (κ2) is 35.2. The molecule has 0 aliphatic carbocycles. The molecule has 0 aromatic heterocycles. The van der Waals surface area contributed by atoms with Gasteiger partial charge in [-0.15, -0.1) is 0 Å². The average Bonchev–Trinajstić information content (AvgIpc) is 0.675. The summed E-state index contributed by atoms with van der Waals surface area (Å²) in [4.78, 5) is 0. The van der Waals surface area contributed by atoms with Crippen molar-refractivity contribution in [3.05, 3.63) is 252 Å². The fourth-order valence-corrected chi connectivity index (χ4v) is 34.9. The zero-order valence-electron chi connectivity index (χ0n) is 58.1. The van der Waals surface area contributed by atoms with Gasteiger partial charge in [0.1, 0.15) is 0 Å². The largest absolute Gasteiger partial charge is 3.00 e. The molecule has 8 aromatic carbocycles. The second-order valence-corrected chi connectivity index (χ2v) is 42.3. The van der Waals surface area contributed by atoms with Crippen LogP contribution in [0.15, 0.2) is 243 Å². The molecule has 116 heavy (non-hydrogen) atoms. The van der Waals surface area contributed by atoms with Crippen LogP contribution in [0, 0.1) is 46.9 Å². The Kier molecular flexibility index (Phi) is 30.5. The molecule has 8 aromatic rings. The molecule has 0 saturated carbocycles. The van der Waals surface area contributed by atoms with Crippen LogP contribution in [-0.2, 0) is 15.2 Å². The Morgan fingerprint density at radius 1 is 0.181 bits per heavy atom. The summed E-state index contributed by atoms with van der Waals surface area (Å²) in [6.45, 7) is 9.59. The van der Waals surface area contributed by atoms with Gasteiger partial charge in [0.25, 0.3) is 0 Å². The minimum atomic E-state index is -13.8. The maximum atomic E-state index is 13.6. The van der Waals surface area contributed by atoms with Gasteiger partial charge in [-0.05, 0) is 0 Å². The third-order valence-electron chi connectivity index (χ3n) is 17.7. The van der Waals surface area contributed by atoms with E-state index >= 15 is 0 Å². The Hall–Kier alpha value is -6.08. The van der Waals surface area contributed by atoms with Gasteiger partial charge >= 0.3 is 158 Å². The summed E-state index contributed by atoms with van der Waals surface area (Å²) in [5.74, 6) is 0. The van der Waals surface area contributed by atoms with Crippen molar-refractivity contribution in [3.63, 3.8) is 0 Å². The summed E-state index contributed by atoms with van der Waals surface area (Å²) >= 11 is -13.8. The number of nitrogens with zero attached hydrogens (tertiary/aromatic N) is 2. The average molecular weight is 1960 g/mol. The van der Waals surface area contributed by atoms with Crippen LogP contribution in [0.3, 0.4) is 0 Å². The van der Waals surface area contributed by atoms with Gasteiger partial charge in [-0.2, -0.15) is 158 Å². The summed E-state index contributed by atoms with van der Waals surface area (Å²) in [5, 5.41) is 10.9. The zero-order chi connectivity index (χ0) is 87.6. The monoisotopic (exact) mass is 1960 g/mol. The summed E-state index contributed by atoms with van der Waals surface area (Å²) in [6.07, 6.45) is -116. The Morgan fingerprint density at radius 3 is 0.345 bits per heavy atom. The van der Waals surface area contributed by atoms with Gasteiger partial charge in [0.15, 0.2) is 0 Å². The van der Waals surface area contributed by atoms with Crippen LogP contribution >= 0.6 is 0 Å². The van der Waals surface area contributed by atoms with Gasteiger partial charge in [0, 0.05) is 32.9 Å². The van der Waals surface area contributed by atoms with Crippen LogP contribution in [0.4, 0.5) is 158 Å². The minimum absolute atomic E-state index is 0. The SMILES string of the molecule is C[Si]([N-][Si](C)(c1ccccc1)c1ccccc1)(c1ccccc1)c1ccccc1.C[Si]([N-][Si](C)(c1ccccc1)c1ccccc1)(c1ccccc1)c1ccccc1.FC(F)(F)C([O][Al-]([O]C(C(F)(F)F)(C(F)(F)F)C(F)(F)F)([O]C(C(F)(F)F)(C(F)(F)F)C(F)(F)F)[O]C(C(F)(F)F)(C(F)(F)F)C(F)(F)F)(C(F)(F)F)C(F)(F)F.[Yb+3]. The predicted octanol–water partition coefficient (Wildman–Crippen LogP) is 19.5. The molecule has 1 radical (unpaired) electrons. The molecule has 0 spiro atoms. The molecule has 0 heterocycles. The zero-order valence-corrected chi connectivity index (χ0v) is 64.9. The first-order chi connectivity index (χ1) is 52.1. The second-order valence-electron chi connectivity index (χ2n) is 25.2. The fraction of sp³-hybridized carbons (Fsp3) is 0.294. The van der Waals surface area contributed by atoms with Crippen molar-refractivity contribution < 1.29 is 220 Å². The first-order valence-corrected chi connectivity index (χ1v) is 43.4. The molecule has 0 amide bonds. The van der Waals surface area contributed by atoms with Crippen LogP contribution in [0.1, 0.15) is 0 Å². The maximum Gasteiger partial charge on any atom is 3.00 e. The fourth-order valence-electron chi connectivity index (χ4n) is 11.9. The molecular formula is C68H52AlF36N2O4Si4Yb. The third kappa shape index (κ3) is 19.8. The topological polar surface area (TPSA) is 65.1 Å². The molecule has 0 N–H and O–H groups in total. The van der Waals surface area contributed by atoms with Gasteiger partial charge in [0.05, 0.1) is 0 Å². The van der Waals surface area contributed by atoms with Crippen molar-refractivity contribution in [3.8, 4) is 0 Å². The van der Waals surface area contributed by atoms with Crippen molar-refractivity contribution in [2.75, 3.05) is 0 Å². The molecule has 0 atom stereocenters. The molecule has 0 unspecified atom stereocenters. The van der Waals surface area contributed by atoms with E-state index in [1.54, 1.807) is 0 Å². The van der Waals surface area contributed by atoms with Crippen LogP contribution in [0.5, 0.6) is 0 Å². The summed E-state index contributed by atoms with van der Waals surface area (Å²) in [5.41, 5.74) is -40.5. The number of rotatable bonds is 20. The Labute approximate surface area is 679 Å². The molecule has 643 valence electrons.